The van der Waals surface area contributed by atoms with Gasteiger partial charge >= 0.3 is 5.97 Å². The van der Waals surface area contributed by atoms with Gasteiger partial charge in [-0.3, -0.25) is 0 Å². The summed E-state index contributed by atoms with van der Waals surface area (Å²) in [5.74, 6) is -1.68. The van der Waals surface area contributed by atoms with Crippen molar-refractivity contribution in [3.63, 3.8) is 0 Å². The third-order valence-corrected chi connectivity index (χ3v) is 2.75. The standard InChI is InChI=1S/C16H14F2O3/c1-2-20-16(19)12-4-6-13(7-5-12)21-10-11-3-8-14(17)15(18)9-11/h3-9H,2,10H2,1H3. The highest BCUT2D eigenvalue weighted by molar-refractivity contribution is 5.89. The molecule has 110 valence electrons. The summed E-state index contributed by atoms with van der Waals surface area (Å²) in [6.07, 6.45) is 0. The van der Waals surface area contributed by atoms with Gasteiger partial charge in [0.25, 0.3) is 0 Å². The molecule has 0 bridgehead atoms. The van der Waals surface area contributed by atoms with Crippen molar-refractivity contribution in [1.29, 1.82) is 0 Å². The molecule has 0 saturated heterocycles. The maximum absolute atomic E-state index is 13.0. The molecule has 0 radical (unpaired) electrons. The Kier molecular flexibility index (Phi) is 4.87. The largest absolute Gasteiger partial charge is 0.489 e. The molecule has 2 aromatic carbocycles. The number of hydrogen-bond donors (Lipinski definition) is 0. The lowest BCUT2D eigenvalue weighted by atomic mass is 10.2. The highest BCUT2D eigenvalue weighted by atomic mass is 19.2. The van der Waals surface area contributed by atoms with Crippen LogP contribution >= 0.6 is 0 Å². The summed E-state index contributed by atoms with van der Waals surface area (Å²) >= 11 is 0. The highest BCUT2D eigenvalue weighted by Crippen LogP contribution is 2.16. The van der Waals surface area contributed by atoms with E-state index in [4.69, 9.17) is 9.47 Å². The molecular weight excluding hydrogens is 278 g/mol. The van der Waals surface area contributed by atoms with Gasteiger partial charge in [-0.1, -0.05) is 6.07 Å². The summed E-state index contributed by atoms with van der Waals surface area (Å²) in [5, 5.41) is 0. The monoisotopic (exact) mass is 292 g/mol. The Morgan fingerprint density at radius 1 is 1.05 bits per heavy atom. The predicted molar refractivity (Wildman–Crippen MR) is 73.1 cm³/mol. The lowest BCUT2D eigenvalue weighted by molar-refractivity contribution is 0.0526. The summed E-state index contributed by atoms with van der Waals surface area (Å²) in [6.45, 7) is 2.15. The van der Waals surface area contributed by atoms with Gasteiger partial charge in [-0.05, 0) is 48.9 Å². The minimum atomic E-state index is -0.909. The minimum absolute atomic E-state index is 0.107. The lowest BCUT2D eigenvalue weighted by Gasteiger charge is -2.07. The van der Waals surface area contributed by atoms with Gasteiger partial charge in [-0.2, -0.15) is 0 Å². The van der Waals surface area contributed by atoms with Crippen LogP contribution in [-0.4, -0.2) is 12.6 Å². The van der Waals surface area contributed by atoms with Gasteiger partial charge in [0.2, 0.25) is 0 Å². The number of ether oxygens (including phenoxy) is 2. The van der Waals surface area contributed by atoms with Crippen molar-refractivity contribution in [3.05, 3.63) is 65.2 Å². The van der Waals surface area contributed by atoms with E-state index in [1.165, 1.54) is 6.07 Å². The third-order valence-electron chi connectivity index (χ3n) is 2.75. The summed E-state index contributed by atoms with van der Waals surface area (Å²) in [6, 6.07) is 9.99. The van der Waals surface area contributed by atoms with Crippen LogP contribution in [0.3, 0.4) is 0 Å². The molecule has 0 unspecified atom stereocenters. The van der Waals surface area contributed by atoms with Crippen LogP contribution in [-0.2, 0) is 11.3 Å². The van der Waals surface area contributed by atoms with Gasteiger partial charge < -0.3 is 9.47 Å². The van der Waals surface area contributed by atoms with E-state index in [2.05, 4.69) is 0 Å². The molecule has 21 heavy (non-hydrogen) atoms. The van der Waals surface area contributed by atoms with Crippen molar-refractivity contribution < 1.29 is 23.0 Å². The van der Waals surface area contributed by atoms with E-state index < -0.39 is 17.6 Å². The highest BCUT2D eigenvalue weighted by Gasteiger charge is 2.06. The van der Waals surface area contributed by atoms with Gasteiger partial charge in [0.15, 0.2) is 11.6 Å². The molecule has 3 nitrogen and oxygen atoms in total. The maximum atomic E-state index is 13.0. The van der Waals surface area contributed by atoms with Crippen molar-refractivity contribution in [3.8, 4) is 5.75 Å². The smallest absolute Gasteiger partial charge is 0.338 e. The molecule has 0 heterocycles. The number of esters is 1. The first-order valence-electron chi connectivity index (χ1n) is 6.44. The Labute approximate surface area is 121 Å². The fourth-order valence-electron chi connectivity index (χ4n) is 1.70. The first kappa shape index (κ1) is 15.0. The topological polar surface area (TPSA) is 35.5 Å². The van der Waals surface area contributed by atoms with Crippen molar-refractivity contribution in [2.45, 2.75) is 13.5 Å². The number of carbonyl (C=O) groups is 1. The van der Waals surface area contributed by atoms with E-state index in [1.807, 2.05) is 0 Å². The van der Waals surface area contributed by atoms with E-state index in [0.29, 0.717) is 23.5 Å². The van der Waals surface area contributed by atoms with Crippen LogP contribution in [0, 0.1) is 11.6 Å². The van der Waals surface area contributed by atoms with Crippen molar-refractivity contribution in [1.82, 2.24) is 0 Å². The Morgan fingerprint density at radius 2 is 1.76 bits per heavy atom. The number of hydrogen-bond acceptors (Lipinski definition) is 3. The maximum Gasteiger partial charge on any atom is 0.338 e. The molecule has 0 aromatic heterocycles. The molecule has 2 aromatic rings. The molecule has 5 heteroatoms. The molecule has 0 saturated carbocycles. The van der Waals surface area contributed by atoms with Gasteiger partial charge in [0.1, 0.15) is 12.4 Å². The summed E-state index contributed by atoms with van der Waals surface area (Å²) < 4.78 is 36.1. The third kappa shape index (κ3) is 4.02. The van der Waals surface area contributed by atoms with Crippen LogP contribution in [0.15, 0.2) is 42.5 Å². The molecular formula is C16H14F2O3. The van der Waals surface area contributed by atoms with Crippen LogP contribution in [0.25, 0.3) is 0 Å². The SMILES string of the molecule is CCOC(=O)c1ccc(OCc2ccc(F)c(F)c2)cc1. The first-order valence-corrected chi connectivity index (χ1v) is 6.44. The van der Waals surface area contributed by atoms with Crippen molar-refractivity contribution in [2.24, 2.45) is 0 Å². The number of benzene rings is 2. The molecule has 0 atom stereocenters. The van der Waals surface area contributed by atoms with Crippen LogP contribution in [0.2, 0.25) is 0 Å². The fraction of sp³-hybridized carbons (Fsp3) is 0.188. The Balaban J connectivity index is 1.97. The molecule has 0 N–H and O–H groups in total. The Hall–Kier alpha value is -2.43. The molecule has 0 aliphatic heterocycles. The van der Waals surface area contributed by atoms with Gasteiger partial charge in [0.05, 0.1) is 12.2 Å². The van der Waals surface area contributed by atoms with E-state index in [-0.39, 0.29) is 6.61 Å². The van der Waals surface area contributed by atoms with E-state index in [0.717, 1.165) is 12.1 Å². The molecule has 0 aliphatic rings. The average Bonchev–Trinajstić information content (AvgIpc) is 2.49. The van der Waals surface area contributed by atoms with E-state index in [9.17, 15) is 13.6 Å². The van der Waals surface area contributed by atoms with Crippen LogP contribution < -0.4 is 4.74 Å². The van der Waals surface area contributed by atoms with Crippen LogP contribution in [0.4, 0.5) is 8.78 Å². The second-order valence-electron chi connectivity index (χ2n) is 4.28. The number of carbonyl (C=O) groups excluding carboxylic acids is 1. The van der Waals surface area contributed by atoms with Gasteiger partial charge in [-0.25, -0.2) is 13.6 Å². The first-order chi connectivity index (χ1) is 10.1. The normalized spacial score (nSPS) is 10.2. The number of rotatable bonds is 5. The van der Waals surface area contributed by atoms with E-state index >= 15 is 0 Å². The predicted octanol–water partition coefficient (Wildman–Crippen LogP) is 3.72. The van der Waals surface area contributed by atoms with E-state index in [1.54, 1.807) is 31.2 Å². The zero-order valence-electron chi connectivity index (χ0n) is 11.4. The fourth-order valence-corrected chi connectivity index (χ4v) is 1.70. The van der Waals surface area contributed by atoms with Gasteiger partial charge in [0, 0.05) is 0 Å². The molecule has 0 aliphatic carbocycles. The second-order valence-corrected chi connectivity index (χ2v) is 4.28. The molecule has 0 fully saturated rings. The van der Waals surface area contributed by atoms with Crippen LogP contribution in [0.5, 0.6) is 5.75 Å². The summed E-state index contributed by atoms with van der Waals surface area (Å²) in [4.78, 5) is 11.5. The summed E-state index contributed by atoms with van der Waals surface area (Å²) in [5.41, 5.74) is 0.945. The summed E-state index contributed by atoms with van der Waals surface area (Å²) in [7, 11) is 0. The zero-order chi connectivity index (χ0) is 15.2. The number of halogens is 2. The quantitative estimate of drug-likeness (QED) is 0.788. The second kappa shape index (κ2) is 6.83. The Morgan fingerprint density at radius 3 is 2.38 bits per heavy atom. The average molecular weight is 292 g/mol. The lowest BCUT2D eigenvalue weighted by Crippen LogP contribution is -2.04. The zero-order valence-corrected chi connectivity index (χ0v) is 11.4. The molecule has 0 spiro atoms. The van der Waals surface area contributed by atoms with Gasteiger partial charge in [-0.15, -0.1) is 0 Å². The Bertz CT molecular complexity index is 624. The molecule has 2 rings (SSSR count). The van der Waals surface area contributed by atoms with Crippen LogP contribution in [0.1, 0.15) is 22.8 Å². The minimum Gasteiger partial charge on any atom is -0.489 e. The van der Waals surface area contributed by atoms with Crippen molar-refractivity contribution >= 4 is 5.97 Å². The molecule has 0 amide bonds. The van der Waals surface area contributed by atoms with Crippen molar-refractivity contribution in [2.75, 3.05) is 6.61 Å².